The van der Waals surface area contributed by atoms with Gasteiger partial charge in [-0.2, -0.15) is 0 Å². The van der Waals surface area contributed by atoms with Crippen LogP contribution in [0.3, 0.4) is 0 Å². The van der Waals surface area contributed by atoms with Crippen LogP contribution < -0.4 is 10.5 Å². The molecule has 1 fully saturated rings. The lowest BCUT2D eigenvalue weighted by atomic mass is 10.3. The highest BCUT2D eigenvalue weighted by atomic mass is 16.5. The number of nitrogen functional groups attached to an aromatic ring is 1. The van der Waals surface area contributed by atoms with Crippen molar-refractivity contribution in [1.82, 2.24) is 4.90 Å². The van der Waals surface area contributed by atoms with E-state index in [4.69, 9.17) is 10.5 Å². The van der Waals surface area contributed by atoms with Crippen LogP contribution in [0.5, 0.6) is 5.75 Å². The van der Waals surface area contributed by atoms with E-state index in [1.165, 1.54) is 0 Å². The Morgan fingerprint density at radius 3 is 2.69 bits per heavy atom. The number of anilines is 1. The minimum atomic E-state index is 0.237. The molecule has 0 radical (unpaired) electrons. The van der Waals surface area contributed by atoms with Crippen molar-refractivity contribution in [3.8, 4) is 5.75 Å². The van der Waals surface area contributed by atoms with E-state index in [0.29, 0.717) is 19.6 Å². The minimum absolute atomic E-state index is 0.237. The average molecular weight is 220 g/mol. The maximum atomic E-state index is 11.3. The molecule has 0 bridgehead atoms. The van der Waals surface area contributed by atoms with Gasteiger partial charge in [0.2, 0.25) is 5.91 Å². The summed E-state index contributed by atoms with van der Waals surface area (Å²) in [6, 6.07) is 7.27. The highest BCUT2D eigenvalue weighted by molar-refractivity contribution is 5.78. The van der Waals surface area contributed by atoms with E-state index < -0.39 is 0 Å². The van der Waals surface area contributed by atoms with Gasteiger partial charge in [0.05, 0.1) is 6.54 Å². The Balaban J connectivity index is 1.75. The Morgan fingerprint density at radius 2 is 2.06 bits per heavy atom. The van der Waals surface area contributed by atoms with Gasteiger partial charge in [-0.15, -0.1) is 0 Å². The van der Waals surface area contributed by atoms with Gasteiger partial charge in [-0.3, -0.25) is 4.79 Å². The van der Waals surface area contributed by atoms with E-state index in [-0.39, 0.29) is 5.91 Å². The molecule has 1 amide bonds. The van der Waals surface area contributed by atoms with Crippen LogP contribution >= 0.6 is 0 Å². The molecule has 0 unspecified atom stereocenters. The molecular weight excluding hydrogens is 204 g/mol. The second kappa shape index (κ2) is 4.88. The molecular formula is C12H16N2O2. The lowest BCUT2D eigenvalue weighted by molar-refractivity contribution is -0.128. The number of rotatable bonds is 4. The molecule has 0 aliphatic carbocycles. The third-order valence-corrected chi connectivity index (χ3v) is 2.68. The van der Waals surface area contributed by atoms with Gasteiger partial charge in [0, 0.05) is 18.7 Å². The number of likely N-dealkylation sites (tertiary alicyclic amines) is 1. The smallest absolute Gasteiger partial charge is 0.222 e. The Morgan fingerprint density at radius 1 is 1.31 bits per heavy atom. The number of nitrogens with two attached hydrogens (primary N) is 1. The number of ether oxygens (including phenoxy) is 1. The molecule has 1 aromatic rings. The van der Waals surface area contributed by atoms with Crippen LogP contribution in [0.25, 0.3) is 0 Å². The third-order valence-electron chi connectivity index (χ3n) is 2.68. The van der Waals surface area contributed by atoms with Crippen LogP contribution in [0, 0.1) is 0 Å². The summed E-state index contributed by atoms with van der Waals surface area (Å²) in [7, 11) is 0. The van der Waals surface area contributed by atoms with Crippen molar-refractivity contribution in [2.75, 3.05) is 25.4 Å². The summed E-state index contributed by atoms with van der Waals surface area (Å²) in [5.74, 6) is 1.03. The fourth-order valence-corrected chi connectivity index (χ4v) is 1.78. The predicted octanol–water partition coefficient (Wildman–Crippen LogP) is 1.27. The zero-order valence-corrected chi connectivity index (χ0v) is 9.19. The van der Waals surface area contributed by atoms with Gasteiger partial charge in [0.1, 0.15) is 12.4 Å². The fourth-order valence-electron chi connectivity index (χ4n) is 1.78. The molecule has 1 aromatic carbocycles. The van der Waals surface area contributed by atoms with Crippen LogP contribution in [0.2, 0.25) is 0 Å². The summed E-state index contributed by atoms with van der Waals surface area (Å²) in [6.07, 6.45) is 1.66. The first kappa shape index (κ1) is 10.8. The average Bonchev–Trinajstić information content (AvgIpc) is 2.68. The highest BCUT2D eigenvalue weighted by Crippen LogP contribution is 2.14. The number of benzene rings is 1. The van der Waals surface area contributed by atoms with Gasteiger partial charge in [-0.25, -0.2) is 0 Å². The third kappa shape index (κ3) is 2.66. The molecule has 86 valence electrons. The monoisotopic (exact) mass is 220 g/mol. The minimum Gasteiger partial charge on any atom is -0.492 e. The van der Waals surface area contributed by atoms with Crippen molar-refractivity contribution < 1.29 is 9.53 Å². The number of amides is 1. The topological polar surface area (TPSA) is 55.6 Å². The molecule has 2 N–H and O–H groups in total. The molecule has 0 atom stereocenters. The quantitative estimate of drug-likeness (QED) is 0.777. The molecule has 1 heterocycles. The summed E-state index contributed by atoms with van der Waals surface area (Å²) < 4.78 is 5.52. The van der Waals surface area contributed by atoms with Crippen LogP contribution in [0.1, 0.15) is 12.8 Å². The van der Waals surface area contributed by atoms with Crippen molar-refractivity contribution in [1.29, 1.82) is 0 Å². The van der Waals surface area contributed by atoms with Crippen molar-refractivity contribution in [2.45, 2.75) is 12.8 Å². The van der Waals surface area contributed by atoms with Crippen molar-refractivity contribution in [3.63, 3.8) is 0 Å². The molecule has 4 nitrogen and oxygen atoms in total. The normalized spacial score (nSPS) is 15.5. The standard InChI is InChI=1S/C12H16N2O2/c13-10-3-5-11(6-4-10)16-9-8-14-7-1-2-12(14)15/h3-6H,1-2,7-9,13H2. The second-order valence-electron chi connectivity index (χ2n) is 3.90. The lowest BCUT2D eigenvalue weighted by Crippen LogP contribution is -2.29. The van der Waals surface area contributed by atoms with E-state index in [1.807, 2.05) is 17.0 Å². The molecule has 0 aromatic heterocycles. The number of hydrogen-bond donors (Lipinski definition) is 1. The van der Waals surface area contributed by atoms with E-state index in [2.05, 4.69) is 0 Å². The molecule has 2 rings (SSSR count). The Labute approximate surface area is 95.0 Å². The zero-order valence-electron chi connectivity index (χ0n) is 9.19. The van der Waals surface area contributed by atoms with Crippen LogP contribution in [0.15, 0.2) is 24.3 Å². The fraction of sp³-hybridized carbons (Fsp3) is 0.417. The summed E-state index contributed by atoms with van der Waals surface area (Å²) in [5.41, 5.74) is 6.29. The van der Waals surface area contributed by atoms with Gasteiger partial charge < -0.3 is 15.4 Å². The van der Waals surface area contributed by atoms with Gasteiger partial charge in [-0.05, 0) is 30.7 Å². The lowest BCUT2D eigenvalue weighted by Gasteiger charge is -2.15. The maximum absolute atomic E-state index is 11.3. The molecule has 16 heavy (non-hydrogen) atoms. The first-order valence-corrected chi connectivity index (χ1v) is 5.52. The molecule has 0 saturated carbocycles. The first-order valence-electron chi connectivity index (χ1n) is 5.52. The van der Waals surface area contributed by atoms with E-state index >= 15 is 0 Å². The Hall–Kier alpha value is -1.71. The second-order valence-corrected chi connectivity index (χ2v) is 3.90. The summed E-state index contributed by atoms with van der Waals surface area (Å²) in [6.45, 7) is 2.07. The summed E-state index contributed by atoms with van der Waals surface area (Å²) in [5, 5.41) is 0. The Bertz CT molecular complexity index is 362. The summed E-state index contributed by atoms with van der Waals surface area (Å²) >= 11 is 0. The van der Waals surface area contributed by atoms with Crippen LogP contribution in [-0.2, 0) is 4.79 Å². The highest BCUT2D eigenvalue weighted by Gasteiger charge is 2.19. The summed E-state index contributed by atoms with van der Waals surface area (Å²) in [4.78, 5) is 13.2. The van der Waals surface area contributed by atoms with Crippen molar-refractivity contribution >= 4 is 11.6 Å². The molecule has 1 aliphatic heterocycles. The first-order chi connectivity index (χ1) is 7.75. The SMILES string of the molecule is Nc1ccc(OCCN2CCCC2=O)cc1. The number of hydrogen-bond acceptors (Lipinski definition) is 3. The van der Waals surface area contributed by atoms with Gasteiger partial charge in [0.25, 0.3) is 0 Å². The largest absolute Gasteiger partial charge is 0.492 e. The van der Waals surface area contributed by atoms with E-state index in [1.54, 1.807) is 12.1 Å². The molecule has 1 saturated heterocycles. The number of carbonyl (C=O) groups is 1. The van der Waals surface area contributed by atoms with Crippen LogP contribution in [0.4, 0.5) is 5.69 Å². The van der Waals surface area contributed by atoms with Crippen molar-refractivity contribution in [3.05, 3.63) is 24.3 Å². The number of carbonyl (C=O) groups excluding carboxylic acids is 1. The van der Waals surface area contributed by atoms with E-state index in [0.717, 1.165) is 24.4 Å². The van der Waals surface area contributed by atoms with Gasteiger partial charge >= 0.3 is 0 Å². The number of nitrogens with zero attached hydrogens (tertiary/aromatic N) is 1. The van der Waals surface area contributed by atoms with Gasteiger partial charge in [0.15, 0.2) is 0 Å². The van der Waals surface area contributed by atoms with E-state index in [9.17, 15) is 4.79 Å². The van der Waals surface area contributed by atoms with Gasteiger partial charge in [-0.1, -0.05) is 0 Å². The Kier molecular flexibility index (Phi) is 3.29. The van der Waals surface area contributed by atoms with Crippen molar-refractivity contribution in [2.24, 2.45) is 0 Å². The molecule has 1 aliphatic rings. The molecule has 4 heteroatoms. The molecule has 0 spiro atoms. The zero-order chi connectivity index (χ0) is 11.4. The maximum Gasteiger partial charge on any atom is 0.222 e. The predicted molar refractivity (Wildman–Crippen MR) is 62.2 cm³/mol. The van der Waals surface area contributed by atoms with Crippen LogP contribution in [-0.4, -0.2) is 30.5 Å².